The molecule has 0 saturated heterocycles. The van der Waals surface area contributed by atoms with Gasteiger partial charge in [-0.25, -0.2) is 4.98 Å². The molecule has 2 rings (SSSR count). The van der Waals surface area contributed by atoms with Crippen molar-refractivity contribution in [3.63, 3.8) is 0 Å². The zero-order valence-corrected chi connectivity index (χ0v) is 9.39. The summed E-state index contributed by atoms with van der Waals surface area (Å²) in [5.41, 5.74) is 1.50. The molecule has 1 atom stereocenters. The Morgan fingerprint density at radius 1 is 1.24 bits per heavy atom. The van der Waals surface area contributed by atoms with Crippen molar-refractivity contribution in [2.75, 3.05) is 5.32 Å². The molecule has 0 fully saturated rings. The number of nitrogens with one attached hydrogen (secondary N) is 1. The number of hydrogen-bond donors (Lipinski definition) is 2. The smallest absolute Gasteiger partial charge is 0.212 e. The third kappa shape index (κ3) is 2.72. The second-order valence-electron chi connectivity index (χ2n) is 3.79. The minimum absolute atomic E-state index is 0.0801. The first kappa shape index (κ1) is 11.4. The molecule has 2 aromatic rings. The maximum Gasteiger partial charge on any atom is 0.212 e. The highest BCUT2D eigenvalue weighted by molar-refractivity contribution is 5.45. The van der Waals surface area contributed by atoms with Crippen LogP contribution in [0, 0.1) is 5.95 Å². The molecule has 0 amide bonds. The second kappa shape index (κ2) is 4.82. The summed E-state index contributed by atoms with van der Waals surface area (Å²) in [5.74, 6) is -0.270. The second-order valence-corrected chi connectivity index (χ2v) is 3.79. The third-order valence-corrected chi connectivity index (χ3v) is 2.51. The standard InChI is InChI=1S/C13H13FN2O/c1-9(11-4-2-3-5-12(11)17)16-10-6-7-13(14)15-8-10/h2-9,16-17H,1H3. The molecule has 17 heavy (non-hydrogen) atoms. The molecule has 4 heteroatoms. The van der Waals surface area contributed by atoms with Crippen molar-refractivity contribution in [1.29, 1.82) is 0 Å². The van der Waals surface area contributed by atoms with E-state index in [1.54, 1.807) is 18.2 Å². The number of para-hydroxylation sites is 1. The highest BCUT2D eigenvalue weighted by Crippen LogP contribution is 2.26. The Labute approximate surface area is 98.9 Å². The van der Waals surface area contributed by atoms with E-state index in [0.717, 1.165) is 5.56 Å². The lowest BCUT2D eigenvalue weighted by Crippen LogP contribution is -2.07. The summed E-state index contributed by atoms with van der Waals surface area (Å²) in [5, 5.41) is 12.8. The van der Waals surface area contributed by atoms with Gasteiger partial charge in [0, 0.05) is 5.56 Å². The predicted octanol–water partition coefficient (Wildman–Crippen LogP) is 3.10. The van der Waals surface area contributed by atoms with Crippen LogP contribution in [-0.4, -0.2) is 10.1 Å². The van der Waals surface area contributed by atoms with E-state index in [9.17, 15) is 9.50 Å². The Kier molecular flexibility index (Phi) is 3.23. The fourth-order valence-corrected chi connectivity index (χ4v) is 1.64. The van der Waals surface area contributed by atoms with Gasteiger partial charge in [-0.15, -0.1) is 0 Å². The number of anilines is 1. The van der Waals surface area contributed by atoms with Crippen LogP contribution in [-0.2, 0) is 0 Å². The van der Waals surface area contributed by atoms with E-state index in [4.69, 9.17) is 0 Å². The van der Waals surface area contributed by atoms with Gasteiger partial charge in [0.2, 0.25) is 5.95 Å². The molecule has 0 aliphatic carbocycles. The van der Waals surface area contributed by atoms with Gasteiger partial charge in [0.15, 0.2) is 0 Å². The molecule has 88 valence electrons. The Morgan fingerprint density at radius 2 is 2.00 bits per heavy atom. The van der Waals surface area contributed by atoms with Crippen molar-refractivity contribution in [3.8, 4) is 5.75 Å². The number of benzene rings is 1. The zero-order valence-electron chi connectivity index (χ0n) is 9.39. The zero-order chi connectivity index (χ0) is 12.3. The Hall–Kier alpha value is -2.10. The molecule has 1 unspecified atom stereocenters. The molecule has 1 heterocycles. The molecule has 0 saturated carbocycles. The molecular formula is C13H13FN2O. The molecule has 0 spiro atoms. The van der Waals surface area contributed by atoms with Crippen LogP contribution in [0.1, 0.15) is 18.5 Å². The predicted molar refractivity (Wildman–Crippen MR) is 64.3 cm³/mol. The molecule has 0 aliphatic rings. The Morgan fingerprint density at radius 3 is 2.65 bits per heavy atom. The van der Waals surface area contributed by atoms with Gasteiger partial charge in [-0.05, 0) is 25.1 Å². The number of nitrogens with zero attached hydrogens (tertiary/aromatic N) is 1. The Balaban J connectivity index is 2.14. The normalized spacial score (nSPS) is 12.1. The number of phenols is 1. The first-order valence-electron chi connectivity index (χ1n) is 5.33. The van der Waals surface area contributed by atoms with Crippen LogP contribution < -0.4 is 5.32 Å². The largest absolute Gasteiger partial charge is 0.508 e. The van der Waals surface area contributed by atoms with E-state index >= 15 is 0 Å². The molecule has 1 aromatic heterocycles. The average Bonchev–Trinajstić information content (AvgIpc) is 2.32. The fourth-order valence-electron chi connectivity index (χ4n) is 1.64. The molecule has 3 nitrogen and oxygen atoms in total. The lowest BCUT2D eigenvalue weighted by Gasteiger charge is -2.16. The number of aromatic nitrogens is 1. The van der Waals surface area contributed by atoms with Gasteiger partial charge in [0.25, 0.3) is 0 Å². The molecule has 0 aliphatic heterocycles. The minimum Gasteiger partial charge on any atom is -0.508 e. The van der Waals surface area contributed by atoms with Crippen LogP contribution in [0.15, 0.2) is 42.6 Å². The first-order valence-corrected chi connectivity index (χ1v) is 5.33. The summed E-state index contributed by atoms with van der Waals surface area (Å²) in [6.45, 7) is 1.92. The topological polar surface area (TPSA) is 45.2 Å². The van der Waals surface area contributed by atoms with Crippen molar-refractivity contribution < 1.29 is 9.50 Å². The van der Waals surface area contributed by atoms with E-state index in [-0.39, 0.29) is 11.8 Å². The van der Waals surface area contributed by atoms with Gasteiger partial charge in [0.05, 0.1) is 17.9 Å². The van der Waals surface area contributed by atoms with Gasteiger partial charge < -0.3 is 10.4 Å². The quantitative estimate of drug-likeness (QED) is 0.799. The van der Waals surface area contributed by atoms with Crippen LogP contribution in [0.3, 0.4) is 0 Å². The maximum atomic E-state index is 12.6. The SMILES string of the molecule is CC(Nc1ccc(F)nc1)c1ccccc1O. The van der Waals surface area contributed by atoms with Crippen LogP contribution in [0.25, 0.3) is 0 Å². The summed E-state index contributed by atoms with van der Waals surface area (Å²) >= 11 is 0. The van der Waals surface area contributed by atoms with Crippen LogP contribution in [0.4, 0.5) is 10.1 Å². The first-order chi connectivity index (χ1) is 8.16. The number of pyridine rings is 1. The summed E-state index contributed by atoms with van der Waals surface area (Å²) < 4.78 is 12.6. The summed E-state index contributed by atoms with van der Waals surface area (Å²) in [6.07, 6.45) is 1.42. The molecular weight excluding hydrogens is 219 g/mol. The van der Waals surface area contributed by atoms with Crippen molar-refractivity contribution in [2.45, 2.75) is 13.0 Å². The lowest BCUT2D eigenvalue weighted by molar-refractivity contribution is 0.465. The Bertz CT molecular complexity index is 499. The number of halogens is 1. The van der Waals surface area contributed by atoms with E-state index < -0.39 is 5.95 Å². The van der Waals surface area contributed by atoms with Gasteiger partial charge >= 0.3 is 0 Å². The fraction of sp³-hybridized carbons (Fsp3) is 0.154. The number of rotatable bonds is 3. The maximum absolute atomic E-state index is 12.6. The van der Waals surface area contributed by atoms with Crippen molar-refractivity contribution in [3.05, 3.63) is 54.1 Å². The number of aromatic hydroxyl groups is 1. The summed E-state index contributed by atoms with van der Waals surface area (Å²) in [4.78, 5) is 3.56. The third-order valence-electron chi connectivity index (χ3n) is 2.51. The summed E-state index contributed by atoms with van der Waals surface area (Å²) in [6, 6.07) is 9.92. The van der Waals surface area contributed by atoms with Crippen molar-refractivity contribution >= 4 is 5.69 Å². The van der Waals surface area contributed by atoms with Gasteiger partial charge in [-0.2, -0.15) is 4.39 Å². The molecule has 0 radical (unpaired) electrons. The molecule has 1 aromatic carbocycles. The minimum atomic E-state index is -0.509. The van der Waals surface area contributed by atoms with E-state index in [0.29, 0.717) is 5.69 Å². The number of phenolic OH excluding ortho intramolecular Hbond substituents is 1. The number of hydrogen-bond acceptors (Lipinski definition) is 3. The van der Waals surface area contributed by atoms with Crippen molar-refractivity contribution in [1.82, 2.24) is 4.98 Å². The lowest BCUT2D eigenvalue weighted by atomic mass is 10.1. The van der Waals surface area contributed by atoms with E-state index in [1.165, 1.54) is 12.3 Å². The average molecular weight is 232 g/mol. The molecule has 0 bridgehead atoms. The summed E-state index contributed by atoms with van der Waals surface area (Å²) in [7, 11) is 0. The van der Waals surface area contributed by atoms with E-state index in [1.807, 2.05) is 19.1 Å². The van der Waals surface area contributed by atoms with Crippen LogP contribution >= 0.6 is 0 Å². The van der Waals surface area contributed by atoms with Crippen LogP contribution in [0.2, 0.25) is 0 Å². The highest BCUT2D eigenvalue weighted by Gasteiger charge is 2.09. The van der Waals surface area contributed by atoms with Gasteiger partial charge in [-0.3, -0.25) is 0 Å². The van der Waals surface area contributed by atoms with E-state index in [2.05, 4.69) is 10.3 Å². The van der Waals surface area contributed by atoms with Crippen molar-refractivity contribution in [2.24, 2.45) is 0 Å². The van der Waals surface area contributed by atoms with Crippen LogP contribution in [0.5, 0.6) is 5.75 Å². The molecule has 2 N–H and O–H groups in total. The highest BCUT2D eigenvalue weighted by atomic mass is 19.1. The van der Waals surface area contributed by atoms with Gasteiger partial charge in [0.1, 0.15) is 5.75 Å². The monoisotopic (exact) mass is 232 g/mol. The van der Waals surface area contributed by atoms with Gasteiger partial charge in [-0.1, -0.05) is 18.2 Å².